The molecule has 1 aliphatic heterocycles. The monoisotopic (exact) mass is 312 g/mol. The third-order valence-electron chi connectivity index (χ3n) is 2.90. The van der Waals surface area contributed by atoms with Gasteiger partial charge in [0.2, 0.25) is 11.8 Å². The minimum atomic E-state index is -4.54. The minimum absolute atomic E-state index is 0.284. The molecule has 2 unspecified atom stereocenters. The van der Waals surface area contributed by atoms with Crippen LogP contribution >= 0.6 is 0 Å². The fourth-order valence-electron chi connectivity index (χ4n) is 1.95. The quantitative estimate of drug-likeness (QED) is 0.696. The second kappa shape index (κ2) is 6.74. The Morgan fingerprint density at radius 3 is 2.62 bits per heavy atom. The Balaban J connectivity index is 2.60. The molecule has 1 heterocycles. The van der Waals surface area contributed by atoms with Crippen molar-refractivity contribution in [2.45, 2.75) is 18.6 Å². The van der Waals surface area contributed by atoms with E-state index in [0.29, 0.717) is 4.90 Å². The Bertz CT molecular complexity index is 427. The number of carbonyl (C=O) groups excluding carboxylic acids is 2. The van der Waals surface area contributed by atoms with Gasteiger partial charge in [0.25, 0.3) is 0 Å². The van der Waals surface area contributed by atoms with Crippen molar-refractivity contribution in [1.29, 1.82) is 0 Å². The molecule has 120 valence electrons. The van der Waals surface area contributed by atoms with Gasteiger partial charge in [-0.2, -0.15) is 13.2 Å². The van der Waals surface area contributed by atoms with Crippen molar-refractivity contribution < 1.29 is 37.4 Å². The molecule has 2 atom stereocenters. The smallest absolute Gasteiger partial charge is 0.406 e. The molecule has 0 bridgehead atoms. The van der Waals surface area contributed by atoms with E-state index in [1.165, 1.54) is 7.11 Å². The third-order valence-corrected chi connectivity index (χ3v) is 2.90. The fourth-order valence-corrected chi connectivity index (χ4v) is 1.95. The second-order valence-electron chi connectivity index (χ2n) is 4.65. The van der Waals surface area contributed by atoms with Crippen molar-refractivity contribution in [3.63, 3.8) is 0 Å². The number of nitrogens with zero attached hydrogens (tertiary/aromatic N) is 1. The number of rotatable bonds is 6. The second-order valence-corrected chi connectivity index (χ2v) is 4.65. The van der Waals surface area contributed by atoms with E-state index in [1.807, 2.05) is 0 Å². The number of aliphatic carboxylic acids is 1. The number of hydrogen-bond donors (Lipinski definition) is 2. The predicted molar refractivity (Wildman–Crippen MR) is 62.2 cm³/mol. The van der Waals surface area contributed by atoms with E-state index in [2.05, 4.69) is 10.1 Å². The number of hydrogen-bond acceptors (Lipinski definition) is 4. The normalized spacial score (nSPS) is 20.5. The van der Waals surface area contributed by atoms with E-state index in [1.54, 1.807) is 0 Å². The molecule has 21 heavy (non-hydrogen) atoms. The molecule has 0 aromatic carbocycles. The number of carboxylic acids is 1. The van der Waals surface area contributed by atoms with Gasteiger partial charge < -0.3 is 20.1 Å². The standard InChI is InChI=1S/C11H15F3N2O5/c1-21-4-7(10(19)20)15-9(18)6-2-8(17)16(3-6)5-11(12,13)14/h6-7H,2-5H2,1H3,(H,15,18)(H,19,20). The molecule has 1 aliphatic rings. The highest BCUT2D eigenvalue weighted by Gasteiger charge is 2.41. The van der Waals surface area contributed by atoms with Gasteiger partial charge in [0.05, 0.1) is 12.5 Å². The van der Waals surface area contributed by atoms with Crippen molar-refractivity contribution >= 4 is 17.8 Å². The summed E-state index contributed by atoms with van der Waals surface area (Å²) >= 11 is 0. The molecule has 0 radical (unpaired) electrons. The summed E-state index contributed by atoms with van der Waals surface area (Å²) in [5, 5.41) is 11.0. The molecule has 0 saturated carbocycles. The van der Waals surface area contributed by atoms with Crippen molar-refractivity contribution in [3.05, 3.63) is 0 Å². The predicted octanol–water partition coefficient (Wildman–Crippen LogP) is -0.387. The lowest BCUT2D eigenvalue weighted by molar-refractivity contribution is -0.157. The van der Waals surface area contributed by atoms with Crippen LogP contribution in [0.25, 0.3) is 0 Å². The topological polar surface area (TPSA) is 95.9 Å². The summed E-state index contributed by atoms with van der Waals surface area (Å²) in [6.07, 6.45) is -4.91. The maximum atomic E-state index is 12.2. The first kappa shape index (κ1) is 17.2. The van der Waals surface area contributed by atoms with Gasteiger partial charge in [-0.1, -0.05) is 0 Å². The van der Waals surface area contributed by atoms with Gasteiger partial charge in [-0.25, -0.2) is 4.79 Å². The third kappa shape index (κ3) is 5.21. The number of alkyl halides is 3. The Morgan fingerprint density at radius 1 is 1.52 bits per heavy atom. The highest BCUT2D eigenvalue weighted by Crippen LogP contribution is 2.23. The molecule has 0 aromatic heterocycles. The van der Waals surface area contributed by atoms with Gasteiger partial charge in [-0.15, -0.1) is 0 Å². The zero-order valence-corrected chi connectivity index (χ0v) is 11.1. The first-order valence-electron chi connectivity index (χ1n) is 6.00. The van der Waals surface area contributed by atoms with Crippen LogP contribution < -0.4 is 5.32 Å². The molecule has 1 rings (SSSR count). The van der Waals surface area contributed by atoms with Crippen LogP contribution in [-0.2, 0) is 19.1 Å². The molecule has 7 nitrogen and oxygen atoms in total. The van der Waals surface area contributed by atoms with Crippen molar-refractivity contribution in [3.8, 4) is 0 Å². The number of nitrogens with one attached hydrogen (secondary N) is 1. The van der Waals surface area contributed by atoms with Gasteiger partial charge >= 0.3 is 12.1 Å². The number of amides is 2. The number of ether oxygens (including phenoxy) is 1. The molecular weight excluding hydrogens is 297 g/mol. The molecular formula is C11H15F3N2O5. The average Bonchev–Trinajstić information content (AvgIpc) is 2.68. The Kier molecular flexibility index (Phi) is 5.53. The summed E-state index contributed by atoms with van der Waals surface area (Å²) in [7, 11) is 1.24. The lowest BCUT2D eigenvalue weighted by Gasteiger charge is -2.19. The van der Waals surface area contributed by atoms with Crippen LogP contribution in [-0.4, -0.2) is 66.8 Å². The van der Waals surface area contributed by atoms with Crippen LogP contribution in [0.2, 0.25) is 0 Å². The van der Waals surface area contributed by atoms with E-state index in [-0.39, 0.29) is 19.6 Å². The highest BCUT2D eigenvalue weighted by molar-refractivity contribution is 5.91. The van der Waals surface area contributed by atoms with E-state index in [4.69, 9.17) is 5.11 Å². The van der Waals surface area contributed by atoms with Crippen LogP contribution in [0.15, 0.2) is 0 Å². The number of likely N-dealkylation sites (tertiary alicyclic amines) is 1. The van der Waals surface area contributed by atoms with Crippen LogP contribution in [0.1, 0.15) is 6.42 Å². The molecule has 2 amide bonds. The fraction of sp³-hybridized carbons (Fsp3) is 0.727. The molecule has 0 spiro atoms. The maximum absolute atomic E-state index is 12.2. The van der Waals surface area contributed by atoms with Crippen molar-refractivity contribution in [1.82, 2.24) is 10.2 Å². The molecule has 1 saturated heterocycles. The average molecular weight is 312 g/mol. The first-order chi connectivity index (χ1) is 9.64. The van der Waals surface area contributed by atoms with Crippen LogP contribution in [0.4, 0.5) is 13.2 Å². The van der Waals surface area contributed by atoms with E-state index in [9.17, 15) is 27.6 Å². The maximum Gasteiger partial charge on any atom is 0.406 e. The molecule has 10 heteroatoms. The van der Waals surface area contributed by atoms with E-state index < -0.39 is 42.5 Å². The first-order valence-corrected chi connectivity index (χ1v) is 6.00. The number of halogens is 3. The summed E-state index contributed by atoms with van der Waals surface area (Å²) in [5.74, 6) is -3.90. The minimum Gasteiger partial charge on any atom is -0.480 e. The van der Waals surface area contributed by atoms with Crippen molar-refractivity contribution in [2.75, 3.05) is 26.8 Å². The highest BCUT2D eigenvalue weighted by atomic mass is 19.4. The zero-order chi connectivity index (χ0) is 16.2. The number of carbonyl (C=O) groups is 3. The van der Waals surface area contributed by atoms with E-state index >= 15 is 0 Å². The summed E-state index contributed by atoms with van der Waals surface area (Å²) in [6.45, 7) is -2.09. The largest absolute Gasteiger partial charge is 0.480 e. The van der Waals surface area contributed by atoms with E-state index in [0.717, 1.165) is 0 Å². The summed E-state index contributed by atoms with van der Waals surface area (Å²) < 4.78 is 41.3. The number of carboxylic acid groups (broad SMARTS) is 1. The summed E-state index contributed by atoms with van der Waals surface area (Å²) in [4.78, 5) is 34.6. The van der Waals surface area contributed by atoms with Gasteiger partial charge in [0.1, 0.15) is 6.54 Å². The Labute approximate surface area is 118 Å². The van der Waals surface area contributed by atoms with Gasteiger partial charge in [0.15, 0.2) is 6.04 Å². The van der Waals surface area contributed by atoms with Gasteiger partial charge in [-0.3, -0.25) is 9.59 Å². The van der Waals surface area contributed by atoms with Crippen molar-refractivity contribution in [2.24, 2.45) is 5.92 Å². The lowest BCUT2D eigenvalue weighted by atomic mass is 10.1. The molecule has 0 aliphatic carbocycles. The Hall–Kier alpha value is -1.84. The Morgan fingerprint density at radius 2 is 2.14 bits per heavy atom. The zero-order valence-electron chi connectivity index (χ0n) is 11.1. The van der Waals surface area contributed by atoms with Crippen LogP contribution in [0.3, 0.4) is 0 Å². The molecule has 0 aromatic rings. The van der Waals surface area contributed by atoms with Crippen LogP contribution in [0, 0.1) is 5.92 Å². The van der Waals surface area contributed by atoms with Gasteiger partial charge in [-0.05, 0) is 0 Å². The lowest BCUT2D eigenvalue weighted by Crippen LogP contribution is -2.46. The summed E-state index contributed by atoms with van der Waals surface area (Å²) in [6, 6.07) is -1.31. The SMILES string of the molecule is COCC(NC(=O)C1CC(=O)N(CC(F)(F)F)C1)C(=O)O. The van der Waals surface area contributed by atoms with Gasteiger partial charge in [0, 0.05) is 20.1 Å². The summed E-state index contributed by atoms with van der Waals surface area (Å²) in [5.41, 5.74) is 0. The molecule has 2 N–H and O–H groups in total. The molecule has 1 fully saturated rings. The van der Waals surface area contributed by atoms with Crippen LogP contribution in [0.5, 0.6) is 0 Å². The number of methoxy groups -OCH3 is 1.